The van der Waals surface area contributed by atoms with Crippen molar-refractivity contribution in [3.63, 3.8) is 0 Å². The van der Waals surface area contributed by atoms with E-state index < -0.39 is 17.8 Å². The summed E-state index contributed by atoms with van der Waals surface area (Å²) in [5.41, 5.74) is 0.190. The number of aromatic nitrogens is 2. The summed E-state index contributed by atoms with van der Waals surface area (Å²) in [6, 6.07) is 15.3. The van der Waals surface area contributed by atoms with Crippen LogP contribution in [-0.4, -0.2) is 16.1 Å². The number of nitrogens with zero attached hydrogens (tertiary/aromatic N) is 1. The highest BCUT2D eigenvalue weighted by Gasteiger charge is 2.38. The van der Waals surface area contributed by atoms with Gasteiger partial charge in [-0.2, -0.15) is 18.3 Å². The van der Waals surface area contributed by atoms with Crippen molar-refractivity contribution >= 4 is 23.3 Å². The average molecular weight is 408 g/mol. The van der Waals surface area contributed by atoms with Crippen LogP contribution in [0.5, 0.6) is 0 Å². The van der Waals surface area contributed by atoms with Gasteiger partial charge in [0.2, 0.25) is 5.91 Å². The lowest BCUT2D eigenvalue weighted by Gasteiger charge is -2.10. The van der Waals surface area contributed by atoms with Gasteiger partial charge in [0.1, 0.15) is 5.69 Å². The van der Waals surface area contributed by atoms with Gasteiger partial charge >= 0.3 is 6.18 Å². The smallest absolute Gasteiger partial charge is 0.309 e. The van der Waals surface area contributed by atoms with Gasteiger partial charge in [-0.1, -0.05) is 54.1 Å². The van der Waals surface area contributed by atoms with Gasteiger partial charge < -0.3 is 5.32 Å². The summed E-state index contributed by atoms with van der Waals surface area (Å²) in [7, 11) is 0. The molecule has 1 heterocycles. The number of hydrogen-bond acceptors (Lipinski definition) is 2. The number of benzene rings is 2. The van der Waals surface area contributed by atoms with Gasteiger partial charge in [-0.25, -0.2) is 0 Å². The number of carbonyl (C=O) groups excluding carboxylic acids is 1. The lowest BCUT2D eigenvalue weighted by Crippen LogP contribution is -2.13. The number of anilines is 1. The number of aromatic amines is 1. The summed E-state index contributed by atoms with van der Waals surface area (Å²) in [5.74, 6) is -0.526. The van der Waals surface area contributed by atoms with E-state index >= 15 is 0 Å². The van der Waals surface area contributed by atoms with Gasteiger partial charge in [-0.15, -0.1) is 0 Å². The Morgan fingerprint density at radius 3 is 2.39 bits per heavy atom. The molecule has 0 fully saturated rings. The summed E-state index contributed by atoms with van der Waals surface area (Å²) in [4.78, 5) is 12.2. The van der Waals surface area contributed by atoms with Crippen LogP contribution in [0.4, 0.5) is 19.0 Å². The molecule has 3 aromatic rings. The lowest BCUT2D eigenvalue weighted by atomic mass is 10.0. The van der Waals surface area contributed by atoms with E-state index in [1.54, 1.807) is 30.3 Å². The summed E-state index contributed by atoms with van der Waals surface area (Å²) < 4.78 is 39.9. The Hall–Kier alpha value is -2.80. The van der Waals surface area contributed by atoms with Crippen molar-refractivity contribution in [1.82, 2.24) is 10.2 Å². The van der Waals surface area contributed by atoms with E-state index in [9.17, 15) is 18.0 Å². The predicted molar refractivity (Wildman–Crippen MR) is 102 cm³/mol. The van der Waals surface area contributed by atoms with Crippen LogP contribution < -0.4 is 5.32 Å². The average Bonchev–Trinajstić information content (AvgIpc) is 3.08. The second-order valence-corrected chi connectivity index (χ2v) is 6.65. The molecule has 0 aliphatic heterocycles. The number of rotatable bonds is 6. The Bertz CT molecular complexity index is 938. The minimum Gasteiger partial charge on any atom is -0.309 e. The van der Waals surface area contributed by atoms with Gasteiger partial charge in [0, 0.05) is 11.4 Å². The maximum absolute atomic E-state index is 13.3. The van der Waals surface area contributed by atoms with Gasteiger partial charge in [0.05, 0.1) is 5.56 Å². The van der Waals surface area contributed by atoms with Crippen LogP contribution in [-0.2, 0) is 17.4 Å². The number of carbonyl (C=O) groups is 1. The van der Waals surface area contributed by atoms with Gasteiger partial charge in [0.25, 0.3) is 0 Å². The Morgan fingerprint density at radius 1 is 1.07 bits per heavy atom. The molecule has 28 heavy (non-hydrogen) atoms. The number of halogens is 4. The van der Waals surface area contributed by atoms with Crippen molar-refractivity contribution < 1.29 is 18.0 Å². The first kappa shape index (κ1) is 19.9. The van der Waals surface area contributed by atoms with E-state index in [0.717, 1.165) is 5.56 Å². The molecule has 1 amide bonds. The van der Waals surface area contributed by atoms with E-state index in [1.807, 2.05) is 17.2 Å². The normalized spacial score (nSPS) is 11.4. The van der Waals surface area contributed by atoms with Gasteiger partial charge in [-0.05, 0) is 36.1 Å². The highest BCUT2D eigenvalue weighted by atomic mass is 35.5. The quantitative estimate of drug-likeness (QED) is 0.549. The van der Waals surface area contributed by atoms with Crippen molar-refractivity contribution in [2.24, 2.45) is 0 Å². The zero-order chi connectivity index (χ0) is 20.1. The number of amides is 1. The number of H-pyrrole nitrogens is 1. The van der Waals surface area contributed by atoms with Crippen LogP contribution in [0.2, 0.25) is 5.02 Å². The number of alkyl halides is 3. The van der Waals surface area contributed by atoms with E-state index in [1.165, 1.54) is 12.1 Å². The molecule has 0 saturated carbocycles. The Balaban J connectivity index is 1.70. The summed E-state index contributed by atoms with van der Waals surface area (Å²) >= 11 is 5.83. The third-order valence-electron chi connectivity index (χ3n) is 4.15. The second-order valence-electron chi connectivity index (χ2n) is 6.21. The molecule has 4 nitrogen and oxygen atoms in total. The molecule has 3 rings (SSSR count). The zero-order valence-electron chi connectivity index (χ0n) is 14.7. The van der Waals surface area contributed by atoms with Crippen LogP contribution >= 0.6 is 11.6 Å². The highest BCUT2D eigenvalue weighted by Crippen LogP contribution is 2.39. The highest BCUT2D eigenvalue weighted by molar-refractivity contribution is 6.30. The second kappa shape index (κ2) is 8.48. The first-order valence-electron chi connectivity index (χ1n) is 8.60. The molecule has 0 spiro atoms. The van der Waals surface area contributed by atoms with Crippen LogP contribution in [0, 0.1) is 0 Å². The molecule has 0 saturated heterocycles. The van der Waals surface area contributed by atoms with E-state index in [-0.39, 0.29) is 17.8 Å². The Labute approximate surface area is 164 Å². The number of nitrogens with one attached hydrogen (secondary N) is 2. The summed E-state index contributed by atoms with van der Waals surface area (Å²) in [6.45, 7) is 0. The molecule has 146 valence electrons. The molecule has 2 N–H and O–H groups in total. The fraction of sp³-hybridized carbons (Fsp3) is 0.200. The Morgan fingerprint density at radius 2 is 1.75 bits per heavy atom. The minimum atomic E-state index is -4.62. The zero-order valence-corrected chi connectivity index (χ0v) is 15.4. The Kier molecular flexibility index (Phi) is 6.04. The molecular formula is C20H17ClF3N3O. The number of aryl methyl sites for hydroxylation is 1. The molecular weight excluding hydrogens is 391 g/mol. The predicted octanol–water partition coefficient (Wildman–Crippen LogP) is 5.71. The van der Waals surface area contributed by atoms with Gasteiger partial charge in [0.15, 0.2) is 5.82 Å². The third-order valence-corrected chi connectivity index (χ3v) is 4.40. The molecule has 0 aliphatic rings. The van der Waals surface area contributed by atoms with Crippen LogP contribution in [0.3, 0.4) is 0 Å². The molecule has 0 bridgehead atoms. The molecule has 0 unspecified atom stereocenters. The lowest BCUT2D eigenvalue weighted by molar-refractivity contribution is -0.140. The largest absolute Gasteiger partial charge is 0.433 e. The van der Waals surface area contributed by atoms with Crippen LogP contribution in [0.25, 0.3) is 11.1 Å². The molecule has 1 aromatic heterocycles. The SMILES string of the molecule is O=C(CCCc1ccc(Cl)cc1)Nc1n[nH]c(C(F)(F)F)c1-c1ccccc1. The molecule has 0 radical (unpaired) electrons. The van der Waals surface area contributed by atoms with Gasteiger partial charge in [-0.3, -0.25) is 9.89 Å². The summed E-state index contributed by atoms with van der Waals surface area (Å²) in [6.07, 6.45) is -3.25. The monoisotopic (exact) mass is 407 g/mol. The maximum atomic E-state index is 13.3. The fourth-order valence-corrected chi connectivity index (χ4v) is 2.95. The molecule has 2 aromatic carbocycles. The van der Waals surface area contributed by atoms with E-state index in [0.29, 0.717) is 23.4 Å². The first-order chi connectivity index (χ1) is 13.3. The maximum Gasteiger partial charge on any atom is 0.433 e. The van der Waals surface area contributed by atoms with Crippen molar-refractivity contribution in [2.45, 2.75) is 25.4 Å². The number of hydrogen-bond donors (Lipinski definition) is 2. The molecule has 8 heteroatoms. The van der Waals surface area contributed by atoms with Crippen molar-refractivity contribution in [2.75, 3.05) is 5.32 Å². The van der Waals surface area contributed by atoms with E-state index in [2.05, 4.69) is 10.4 Å². The van der Waals surface area contributed by atoms with Crippen LogP contribution in [0.1, 0.15) is 24.1 Å². The molecule has 0 aliphatic carbocycles. The van der Waals surface area contributed by atoms with Crippen molar-refractivity contribution in [1.29, 1.82) is 0 Å². The van der Waals surface area contributed by atoms with Crippen molar-refractivity contribution in [3.8, 4) is 11.1 Å². The molecule has 0 atom stereocenters. The topological polar surface area (TPSA) is 57.8 Å². The fourth-order valence-electron chi connectivity index (χ4n) is 2.82. The first-order valence-corrected chi connectivity index (χ1v) is 8.97. The summed E-state index contributed by atoms with van der Waals surface area (Å²) in [5, 5.41) is 8.81. The van der Waals surface area contributed by atoms with Crippen molar-refractivity contribution in [3.05, 3.63) is 70.9 Å². The third kappa shape index (κ3) is 4.92. The standard InChI is InChI=1S/C20H17ClF3N3O/c21-15-11-9-13(10-12-15)5-4-8-16(28)25-19-17(14-6-2-1-3-7-14)18(26-27-19)20(22,23)24/h1-3,6-7,9-12H,4-5,8H2,(H2,25,26,27,28). The minimum absolute atomic E-state index is 0.130. The van der Waals surface area contributed by atoms with Crippen LogP contribution in [0.15, 0.2) is 54.6 Å². The van der Waals surface area contributed by atoms with E-state index in [4.69, 9.17) is 11.6 Å².